The van der Waals surface area contributed by atoms with Crippen molar-refractivity contribution in [2.24, 2.45) is 5.73 Å². The first-order valence-corrected chi connectivity index (χ1v) is 6.10. The van der Waals surface area contributed by atoms with Gasteiger partial charge in [0, 0.05) is 6.04 Å². The monoisotopic (exact) mass is 228 g/mol. The van der Waals surface area contributed by atoms with E-state index in [4.69, 9.17) is 10.5 Å². The van der Waals surface area contributed by atoms with Gasteiger partial charge in [-0.3, -0.25) is 4.79 Å². The number of hydrogen-bond donors (Lipinski definition) is 2. The topological polar surface area (TPSA) is 64.3 Å². The Morgan fingerprint density at radius 3 is 2.69 bits per heavy atom. The molecular formula is C12H24N2O2. The summed E-state index contributed by atoms with van der Waals surface area (Å²) >= 11 is 0. The summed E-state index contributed by atoms with van der Waals surface area (Å²) in [6.07, 6.45) is 4.22. The van der Waals surface area contributed by atoms with Gasteiger partial charge in [-0.15, -0.1) is 0 Å². The molecule has 1 aliphatic rings. The molecule has 1 aliphatic heterocycles. The van der Waals surface area contributed by atoms with Crippen molar-refractivity contribution in [2.75, 3.05) is 6.54 Å². The van der Waals surface area contributed by atoms with Crippen LogP contribution in [0.1, 0.15) is 46.5 Å². The minimum absolute atomic E-state index is 0.292. The zero-order chi connectivity index (χ0) is 12.2. The summed E-state index contributed by atoms with van der Waals surface area (Å²) in [5.74, 6) is -0.292. The molecule has 0 saturated carbocycles. The number of hydrogen-bond acceptors (Lipinski definition) is 4. The second-order valence-corrected chi connectivity index (χ2v) is 5.52. The molecule has 0 aliphatic carbocycles. The molecule has 0 aromatic rings. The summed E-state index contributed by atoms with van der Waals surface area (Å²) in [4.78, 5) is 11.7. The van der Waals surface area contributed by atoms with Crippen LogP contribution in [0, 0.1) is 0 Å². The van der Waals surface area contributed by atoms with Gasteiger partial charge in [-0.1, -0.05) is 6.42 Å². The molecule has 0 aromatic heterocycles. The maximum absolute atomic E-state index is 11.7. The predicted octanol–water partition coefficient (Wildman–Crippen LogP) is 1.19. The van der Waals surface area contributed by atoms with Crippen molar-refractivity contribution >= 4 is 5.97 Å². The Hall–Kier alpha value is -0.610. The number of ether oxygens (including phenoxy) is 1. The third-order valence-electron chi connectivity index (χ3n) is 2.66. The highest BCUT2D eigenvalue weighted by Gasteiger charge is 2.25. The first-order chi connectivity index (χ1) is 7.38. The van der Waals surface area contributed by atoms with Crippen LogP contribution < -0.4 is 11.1 Å². The van der Waals surface area contributed by atoms with Crippen LogP contribution in [0.2, 0.25) is 0 Å². The highest BCUT2D eigenvalue weighted by atomic mass is 16.6. The molecule has 0 bridgehead atoms. The first kappa shape index (κ1) is 13.5. The van der Waals surface area contributed by atoms with E-state index >= 15 is 0 Å². The summed E-state index contributed by atoms with van der Waals surface area (Å²) in [5, 5.41) is 3.38. The SMILES string of the molecule is CC(C)(C)OC(=O)C(N)CC1CCCCN1. The van der Waals surface area contributed by atoms with Crippen LogP contribution in [0.3, 0.4) is 0 Å². The number of esters is 1. The predicted molar refractivity (Wildman–Crippen MR) is 64.1 cm³/mol. The zero-order valence-electron chi connectivity index (χ0n) is 10.6. The minimum atomic E-state index is -0.505. The Balaban J connectivity index is 2.33. The molecule has 0 spiro atoms. The molecule has 2 unspecified atom stereocenters. The number of nitrogens with two attached hydrogens (primary N) is 1. The van der Waals surface area contributed by atoms with Crippen LogP contribution in [0.5, 0.6) is 0 Å². The Kier molecular flexibility index (Phi) is 4.74. The molecule has 16 heavy (non-hydrogen) atoms. The number of carbonyl (C=O) groups is 1. The van der Waals surface area contributed by atoms with Crippen LogP contribution in [-0.2, 0) is 9.53 Å². The van der Waals surface area contributed by atoms with E-state index in [1.807, 2.05) is 20.8 Å². The van der Waals surface area contributed by atoms with Crippen LogP contribution in [0.25, 0.3) is 0 Å². The van der Waals surface area contributed by atoms with Gasteiger partial charge >= 0.3 is 5.97 Å². The highest BCUT2D eigenvalue weighted by Crippen LogP contribution is 2.14. The van der Waals surface area contributed by atoms with Gasteiger partial charge in [-0.2, -0.15) is 0 Å². The number of nitrogens with one attached hydrogen (secondary N) is 1. The Morgan fingerprint density at radius 2 is 2.19 bits per heavy atom. The Labute approximate surface area is 97.9 Å². The van der Waals surface area contributed by atoms with Crippen LogP contribution in [0.15, 0.2) is 0 Å². The van der Waals surface area contributed by atoms with Gasteiger partial charge in [0.25, 0.3) is 0 Å². The molecule has 1 rings (SSSR count). The van der Waals surface area contributed by atoms with E-state index in [0.29, 0.717) is 12.5 Å². The molecule has 0 radical (unpaired) electrons. The molecule has 2 atom stereocenters. The minimum Gasteiger partial charge on any atom is -0.459 e. The smallest absolute Gasteiger partial charge is 0.323 e. The third-order valence-corrected chi connectivity index (χ3v) is 2.66. The van der Waals surface area contributed by atoms with Crippen molar-refractivity contribution in [2.45, 2.75) is 64.1 Å². The normalized spacial score (nSPS) is 23.9. The molecule has 4 nitrogen and oxygen atoms in total. The van der Waals surface area contributed by atoms with E-state index < -0.39 is 11.6 Å². The maximum Gasteiger partial charge on any atom is 0.323 e. The van der Waals surface area contributed by atoms with Gasteiger partial charge in [-0.05, 0) is 46.6 Å². The average Bonchev–Trinajstić information content (AvgIpc) is 2.16. The van der Waals surface area contributed by atoms with Crippen molar-refractivity contribution in [3.05, 3.63) is 0 Å². The lowest BCUT2D eigenvalue weighted by molar-refractivity contribution is -0.156. The zero-order valence-corrected chi connectivity index (χ0v) is 10.6. The number of rotatable bonds is 3. The third kappa shape index (κ3) is 4.94. The van der Waals surface area contributed by atoms with E-state index in [9.17, 15) is 4.79 Å². The fourth-order valence-electron chi connectivity index (χ4n) is 1.91. The van der Waals surface area contributed by atoms with Crippen molar-refractivity contribution in [1.29, 1.82) is 0 Å². The van der Waals surface area contributed by atoms with Gasteiger partial charge in [0.05, 0.1) is 0 Å². The van der Waals surface area contributed by atoms with Crippen molar-refractivity contribution in [3.8, 4) is 0 Å². The molecule has 1 fully saturated rings. The maximum atomic E-state index is 11.7. The lowest BCUT2D eigenvalue weighted by Gasteiger charge is -2.27. The van der Waals surface area contributed by atoms with E-state index in [1.165, 1.54) is 12.8 Å². The van der Waals surface area contributed by atoms with E-state index in [0.717, 1.165) is 13.0 Å². The number of piperidine rings is 1. The molecule has 4 heteroatoms. The number of carbonyl (C=O) groups excluding carboxylic acids is 1. The van der Waals surface area contributed by atoms with E-state index in [2.05, 4.69) is 5.32 Å². The standard InChI is InChI=1S/C12H24N2O2/c1-12(2,3)16-11(15)10(13)8-9-6-4-5-7-14-9/h9-10,14H,4-8,13H2,1-3H3. The van der Waals surface area contributed by atoms with Gasteiger partial charge in [0.2, 0.25) is 0 Å². The van der Waals surface area contributed by atoms with Gasteiger partial charge in [0.1, 0.15) is 11.6 Å². The van der Waals surface area contributed by atoms with Gasteiger partial charge < -0.3 is 15.8 Å². The summed E-state index contributed by atoms with van der Waals surface area (Å²) in [6, 6.07) is -0.133. The van der Waals surface area contributed by atoms with Crippen molar-refractivity contribution in [3.63, 3.8) is 0 Å². The second kappa shape index (κ2) is 5.64. The molecule has 1 saturated heterocycles. The van der Waals surface area contributed by atoms with Crippen LogP contribution in [-0.4, -0.2) is 30.2 Å². The van der Waals surface area contributed by atoms with Gasteiger partial charge in [-0.25, -0.2) is 0 Å². The first-order valence-electron chi connectivity index (χ1n) is 6.10. The molecule has 3 N–H and O–H groups in total. The molecule has 0 amide bonds. The quantitative estimate of drug-likeness (QED) is 0.712. The van der Waals surface area contributed by atoms with E-state index in [-0.39, 0.29) is 5.97 Å². The summed E-state index contributed by atoms with van der Waals surface area (Å²) < 4.78 is 5.25. The fourth-order valence-corrected chi connectivity index (χ4v) is 1.91. The van der Waals surface area contributed by atoms with Crippen LogP contribution in [0.4, 0.5) is 0 Å². The second-order valence-electron chi connectivity index (χ2n) is 5.52. The van der Waals surface area contributed by atoms with Crippen LogP contribution >= 0.6 is 0 Å². The molecule has 0 aromatic carbocycles. The lowest BCUT2D eigenvalue weighted by Crippen LogP contribution is -2.44. The Bertz CT molecular complexity index is 230. The summed E-state index contributed by atoms with van der Waals surface area (Å²) in [6.45, 7) is 6.61. The van der Waals surface area contributed by atoms with Gasteiger partial charge in [0.15, 0.2) is 0 Å². The largest absolute Gasteiger partial charge is 0.459 e. The average molecular weight is 228 g/mol. The highest BCUT2D eigenvalue weighted by molar-refractivity contribution is 5.75. The van der Waals surface area contributed by atoms with E-state index in [1.54, 1.807) is 0 Å². The molecule has 94 valence electrons. The summed E-state index contributed by atoms with van der Waals surface area (Å²) in [7, 11) is 0. The Morgan fingerprint density at radius 1 is 1.50 bits per heavy atom. The van der Waals surface area contributed by atoms with Crippen molar-refractivity contribution in [1.82, 2.24) is 5.32 Å². The molecule has 1 heterocycles. The van der Waals surface area contributed by atoms with Crippen molar-refractivity contribution < 1.29 is 9.53 Å². The molecular weight excluding hydrogens is 204 g/mol. The lowest BCUT2D eigenvalue weighted by atomic mass is 9.98. The summed E-state index contributed by atoms with van der Waals surface area (Å²) in [5.41, 5.74) is 5.39. The fraction of sp³-hybridized carbons (Fsp3) is 0.917.